The molecule has 1 amide bonds. The van der Waals surface area contributed by atoms with E-state index in [0.717, 1.165) is 0 Å². The second kappa shape index (κ2) is 2.81. The Morgan fingerprint density at radius 1 is 1.57 bits per heavy atom. The smallest absolute Gasteiger partial charge is 0.352 e. The molecule has 0 aliphatic carbocycles. The number of carboxylic acids is 1. The first-order chi connectivity index (χ1) is 6.52. The van der Waals surface area contributed by atoms with E-state index in [2.05, 4.69) is 0 Å². The van der Waals surface area contributed by atoms with Crippen LogP contribution >= 0.6 is 0 Å². The Bertz CT molecular complexity index is 345. The van der Waals surface area contributed by atoms with E-state index < -0.39 is 12.1 Å². The summed E-state index contributed by atoms with van der Waals surface area (Å²) in [7, 11) is 0. The van der Waals surface area contributed by atoms with Crippen molar-refractivity contribution in [3.8, 4) is 0 Å². The van der Waals surface area contributed by atoms with E-state index in [1.165, 1.54) is 11.8 Å². The van der Waals surface area contributed by atoms with Crippen LogP contribution in [0, 0.1) is 0 Å². The molecule has 76 valence electrons. The number of hydrogen-bond acceptors (Lipinski definition) is 3. The quantitative estimate of drug-likeness (QED) is 0.596. The van der Waals surface area contributed by atoms with Gasteiger partial charge < -0.3 is 15.1 Å². The second-order valence-corrected chi connectivity index (χ2v) is 3.68. The first-order valence-corrected chi connectivity index (χ1v) is 4.49. The predicted molar refractivity (Wildman–Crippen MR) is 46.2 cm³/mol. The number of β-lactam (4-membered cyclic amide) rings is 1. The average molecular weight is 197 g/mol. The Kier molecular flexibility index (Phi) is 1.85. The van der Waals surface area contributed by atoms with Crippen LogP contribution in [0.4, 0.5) is 0 Å². The lowest BCUT2D eigenvalue weighted by Crippen LogP contribution is -2.49. The maximum absolute atomic E-state index is 11.1. The number of hydrogen-bond donors (Lipinski definition) is 2. The fourth-order valence-electron chi connectivity index (χ4n) is 2.07. The first-order valence-electron chi connectivity index (χ1n) is 4.49. The van der Waals surface area contributed by atoms with Gasteiger partial charge in [0.15, 0.2) is 0 Å². The summed E-state index contributed by atoms with van der Waals surface area (Å²) in [6, 6.07) is -0.0294. The summed E-state index contributed by atoms with van der Waals surface area (Å²) < 4.78 is 0. The molecule has 0 aromatic rings. The Balaban J connectivity index is 2.38. The molecule has 2 heterocycles. The van der Waals surface area contributed by atoms with E-state index in [1.54, 1.807) is 0 Å². The fourth-order valence-corrected chi connectivity index (χ4v) is 2.07. The number of rotatable bonds is 2. The zero-order valence-electron chi connectivity index (χ0n) is 7.73. The molecule has 0 bridgehead atoms. The molecule has 2 N–H and O–H groups in total. The molecule has 0 radical (unpaired) electrons. The molecule has 0 spiro atoms. The van der Waals surface area contributed by atoms with Crippen molar-refractivity contribution in [2.75, 3.05) is 0 Å². The molecule has 0 aromatic carbocycles. The molecule has 2 aliphatic rings. The van der Waals surface area contributed by atoms with Crippen molar-refractivity contribution in [2.24, 2.45) is 0 Å². The van der Waals surface area contributed by atoms with E-state index >= 15 is 0 Å². The van der Waals surface area contributed by atoms with Crippen molar-refractivity contribution in [1.29, 1.82) is 0 Å². The standard InChI is InChI=1S/C9H11NO4/c1-4(11)6-2-5-3-7(12)10(5)8(6)9(13)14/h4-5,11H,2-3H2,1H3,(H,13,14). The highest BCUT2D eigenvalue weighted by Crippen LogP contribution is 2.39. The van der Waals surface area contributed by atoms with Crippen molar-refractivity contribution in [1.82, 2.24) is 4.90 Å². The van der Waals surface area contributed by atoms with Crippen LogP contribution < -0.4 is 0 Å². The molecule has 1 saturated heterocycles. The lowest BCUT2D eigenvalue weighted by molar-refractivity contribution is -0.147. The van der Waals surface area contributed by atoms with Crippen molar-refractivity contribution >= 4 is 11.9 Å². The van der Waals surface area contributed by atoms with Crippen molar-refractivity contribution < 1.29 is 19.8 Å². The summed E-state index contributed by atoms with van der Waals surface area (Å²) in [5.41, 5.74) is 0.453. The number of aliphatic carboxylic acids is 1. The van der Waals surface area contributed by atoms with Crippen molar-refractivity contribution in [2.45, 2.75) is 31.9 Å². The number of carboxylic acid groups (broad SMARTS) is 1. The van der Waals surface area contributed by atoms with Crippen LogP contribution in [0.25, 0.3) is 0 Å². The molecular weight excluding hydrogens is 186 g/mol. The highest BCUT2D eigenvalue weighted by molar-refractivity contribution is 5.98. The van der Waals surface area contributed by atoms with Crippen LogP contribution in [0.2, 0.25) is 0 Å². The molecule has 2 rings (SSSR count). The monoisotopic (exact) mass is 197 g/mol. The van der Waals surface area contributed by atoms with Crippen molar-refractivity contribution in [3.63, 3.8) is 0 Å². The lowest BCUT2D eigenvalue weighted by Gasteiger charge is -2.35. The number of aliphatic hydroxyl groups is 1. The highest BCUT2D eigenvalue weighted by Gasteiger charge is 2.48. The third kappa shape index (κ3) is 1.05. The van der Waals surface area contributed by atoms with Crippen LogP contribution in [0.5, 0.6) is 0 Å². The van der Waals surface area contributed by atoms with E-state index in [0.29, 0.717) is 18.4 Å². The average Bonchev–Trinajstić information content (AvgIpc) is 2.37. The SMILES string of the molecule is CC(O)C1=C(C(=O)O)N2C(=O)CC2C1. The van der Waals surface area contributed by atoms with Gasteiger partial charge in [-0.2, -0.15) is 0 Å². The van der Waals surface area contributed by atoms with Gasteiger partial charge in [0, 0.05) is 12.5 Å². The van der Waals surface area contributed by atoms with Gasteiger partial charge in [0.05, 0.1) is 6.10 Å². The van der Waals surface area contributed by atoms with E-state index in [-0.39, 0.29) is 17.6 Å². The van der Waals surface area contributed by atoms with Crippen LogP contribution in [-0.2, 0) is 9.59 Å². The summed E-state index contributed by atoms with van der Waals surface area (Å²) in [4.78, 5) is 23.3. The molecule has 2 unspecified atom stereocenters. The number of carbonyl (C=O) groups excluding carboxylic acids is 1. The summed E-state index contributed by atoms with van der Waals surface area (Å²) in [5.74, 6) is -1.29. The molecule has 2 atom stereocenters. The third-order valence-electron chi connectivity index (χ3n) is 2.75. The largest absolute Gasteiger partial charge is 0.477 e. The topological polar surface area (TPSA) is 77.8 Å². The molecule has 5 heteroatoms. The number of fused-ring (bicyclic) bond motifs is 1. The Morgan fingerprint density at radius 3 is 2.64 bits per heavy atom. The molecule has 1 fully saturated rings. The summed E-state index contributed by atoms with van der Waals surface area (Å²) in [5, 5.41) is 18.3. The minimum absolute atomic E-state index is 0.0127. The highest BCUT2D eigenvalue weighted by atomic mass is 16.4. The van der Waals surface area contributed by atoms with Crippen LogP contribution in [0.1, 0.15) is 19.8 Å². The zero-order valence-corrected chi connectivity index (χ0v) is 7.73. The Hall–Kier alpha value is -1.36. The van der Waals surface area contributed by atoms with Crippen LogP contribution in [-0.4, -0.2) is 39.1 Å². The maximum atomic E-state index is 11.1. The predicted octanol–water partition coefficient (Wildman–Crippen LogP) is -0.290. The van der Waals surface area contributed by atoms with Crippen LogP contribution in [0.15, 0.2) is 11.3 Å². The lowest BCUT2D eigenvalue weighted by atomic mass is 9.99. The fraction of sp³-hybridized carbons (Fsp3) is 0.556. The summed E-state index contributed by atoms with van der Waals surface area (Å²) in [6.45, 7) is 1.52. The van der Waals surface area contributed by atoms with E-state index in [4.69, 9.17) is 5.11 Å². The molecular formula is C9H11NO4. The second-order valence-electron chi connectivity index (χ2n) is 3.68. The minimum atomic E-state index is -1.13. The van der Waals surface area contributed by atoms with Gasteiger partial charge in [0.1, 0.15) is 5.70 Å². The molecule has 5 nitrogen and oxygen atoms in total. The van der Waals surface area contributed by atoms with Gasteiger partial charge in [0.2, 0.25) is 5.91 Å². The van der Waals surface area contributed by atoms with Crippen molar-refractivity contribution in [3.05, 3.63) is 11.3 Å². The van der Waals surface area contributed by atoms with Gasteiger partial charge in [-0.3, -0.25) is 4.79 Å². The maximum Gasteiger partial charge on any atom is 0.352 e. The zero-order chi connectivity index (χ0) is 10.5. The Morgan fingerprint density at radius 2 is 2.21 bits per heavy atom. The van der Waals surface area contributed by atoms with Gasteiger partial charge in [0.25, 0.3) is 0 Å². The number of nitrogens with zero attached hydrogens (tertiary/aromatic N) is 1. The number of carbonyl (C=O) groups is 2. The molecule has 0 saturated carbocycles. The summed E-state index contributed by atoms with van der Waals surface area (Å²) >= 11 is 0. The van der Waals surface area contributed by atoms with Crippen LogP contribution in [0.3, 0.4) is 0 Å². The van der Waals surface area contributed by atoms with Gasteiger partial charge in [-0.1, -0.05) is 0 Å². The summed E-state index contributed by atoms with van der Waals surface area (Å²) in [6.07, 6.45) is 0.0948. The van der Waals surface area contributed by atoms with Gasteiger partial charge in [-0.15, -0.1) is 0 Å². The first kappa shape index (κ1) is 9.21. The number of aliphatic hydroxyl groups excluding tert-OH is 1. The van der Waals surface area contributed by atoms with Gasteiger partial charge in [-0.25, -0.2) is 4.79 Å². The molecule has 14 heavy (non-hydrogen) atoms. The molecule has 0 aromatic heterocycles. The minimum Gasteiger partial charge on any atom is -0.477 e. The normalized spacial score (nSPS) is 27.4. The Labute approximate surface area is 80.6 Å². The van der Waals surface area contributed by atoms with Gasteiger partial charge in [-0.05, 0) is 18.9 Å². The third-order valence-corrected chi connectivity index (χ3v) is 2.75. The van der Waals surface area contributed by atoms with E-state index in [1.807, 2.05) is 0 Å². The molecule has 2 aliphatic heterocycles. The van der Waals surface area contributed by atoms with E-state index in [9.17, 15) is 14.7 Å². The van der Waals surface area contributed by atoms with Gasteiger partial charge >= 0.3 is 5.97 Å². The number of amides is 1.